The molecule has 0 saturated carbocycles. The highest BCUT2D eigenvalue weighted by atomic mass is 127. The van der Waals surface area contributed by atoms with Gasteiger partial charge in [0.2, 0.25) is 0 Å². The summed E-state index contributed by atoms with van der Waals surface area (Å²) in [5.74, 6) is -0.425. The van der Waals surface area contributed by atoms with E-state index in [2.05, 4.69) is 45.4 Å². The van der Waals surface area contributed by atoms with E-state index in [4.69, 9.17) is 23.9 Å². The molecule has 1 atom stereocenters. The molecule has 0 aliphatic carbocycles. The van der Waals surface area contributed by atoms with Gasteiger partial charge in [-0.3, -0.25) is 9.36 Å². The van der Waals surface area contributed by atoms with Gasteiger partial charge >= 0.3 is 11.9 Å². The molecule has 46 heavy (non-hydrogen) atoms. The fourth-order valence-corrected chi connectivity index (χ4v) is 7.04. The molecule has 4 aromatic rings. The third-order valence-corrected chi connectivity index (χ3v) is 9.15. The summed E-state index contributed by atoms with van der Waals surface area (Å²) in [6.07, 6.45) is 1.88. The zero-order chi connectivity index (χ0) is 33.1. The van der Waals surface area contributed by atoms with Gasteiger partial charge in [0.1, 0.15) is 0 Å². The first kappa shape index (κ1) is 33.2. The van der Waals surface area contributed by atoms with E-state index in [1.807, 2.05) is 39.0 Å². The summed E-state index contributed by atoms with van der Waals surface area (Å²) in [5.41, 5.74) is 5.00. The second-order valence-corrected chi connectivity index (χ2v) is 12.7. The number of fused-ring (bicyclic) bond motifs is 1. The van der Waals surface area contributed by atoms with Crippen LogP contribution in [0.15, 0.2) is 69.6 Å². The van der Waals surface area contributed by atoms with Crippen molar-refractivity contribution in [2.24, 2.45) is 4.99 Å². The molecule has 0 N–H and O–H groups in total. The number of ether oxygens (including phenoxy) is 4. The summed E-state index contributed by atoms with van der Waals surface area (Å²) in [4.78, 5) is 44.5. The van der Waals surface area contributed by atoms with Crippen molar-refractivity contribution in [2.45, 2.75) is 40.7 Å². The fraction of sp³-hybridized carbons (Fsp3) is 0.294. The first-order chi connectivity index (χ1) is 22.1. The van der Waals surface area contributed by atoms with Crippen LogP contribution in [0.1, 0.15) is 49.3 Å². The van der Waals surface area contributed by atoms with E-state index in [9.17, 15) is 14.4 Å². The maximum atomic E-state index is 14.2. The van der Waals surface area contributed by atoms with Gasteiger partial charge in [0.05, 0.1) is 42.2 Å². The van der Waals surface area contributed by atoms with Crippen LogP contribution in [0, 0.1) is 17.4 Å². The standard InChI is InChI=1S/C34H34IN3O7S/c1-7-43-27-15-22(12-13-26(27)45-18-29(39)42-6)31-30(33(41)44-8-2)20(4)36-34-38(31)32(40)28(46-34)16-23-14-19(3)37(21(23)5)25-11-9-10-24(35)17-25/h9-17,31H,7-8,18H2,1-6H3/b28-16-/t31-/m0/s1. The minimum atomic E-state index is -0.842. The van der Waals surface area contributed by atoms with E-state index in [-0.39, 0.29) is 24.3 Å². The van der Waals surface area contributed by atoms with Crippen molar-refractivity contribution < 1.29 is 28.5 Å². The van der Waals surface area contributed by atoms with E-state index in [0.29, 0.717) is 38.7 Å². The van der Waals surface area contributed by atoms with Gasteiger partial charge in [0.25, 0.3) is 5.56 Å². The number of halogens is 1. The number of hydrogen-bond donors (Lipinski definition) is 0. The molecule has 0 fully saturated rings. The molecule has 1 aliphatic heterocycles. The monoisotopic (exact) mass is 755 g/mol. The molecular formula is C34H34IN3O7S. The summed E-state index contributed by atoms with van der Waals surface area (Å²) in [5, 5.41) is 0. The number of benzene rings is 2. The molecule has 0 bridgehead atoms. The van der Waals surface area contributed by atoms with Crippen LogP contribution in [0.2, 0.25) is 0 Å². The molecule has 240 valence electrons. The quantitative estimate of drug-likeness (QED) is 0.170. The zero-order valence-corrected chi connectivity index (χ0v) is 29.4. The Morgan fingerprint density at radius 2 is 1.80 bits per heavy atom. The first-order valence-corrected chi connectivity index (χ1v) is 16.6. The van der Waals surface area contributed by atoms with Crippen LogP contribution in [-0.4, -0.2) is 48.0 Å². The predicted octanol–water partition coefficient (Wildman–Crippen LogP) is 4.76. The number of rotatable bonds is 10. The van der Waals surface area contributed by atoms with Gasteiger partial charge in [-0.15, -0.1) is 0 Å². The van der Waals surface area contributed by atoms with Gasteiger partial charge in [-0.25, -0.2) is 14.6 Å². The SMILES string of the molecule is CCOC(=O)C1=C(C)N=c2s/c(=C\c3cc(C)n(-c4cccc(I)c4)c3C)c(=O)n2[C@H]1c1ccc(OCC(=O)OC)c(OCC)c1. The van der Waals surface area contributed by atoms with E-state index in [1.54, 1.807) is 32.0 Å². The number of nitrogens with zero attached hydrogens (tertiary/aromatic N) is 3. The van der Waals surface area contributed by atoms with Crippen molar-refractivity contribution in [1.82, 2.24) is 9.13 Å². The Morgan fingerprint density at radius 3 is 2.50 bits per heavy atom. The van der Waals surface area contributed by atoms with E-state index in [1.165, 1.54) is 23.0 Å². The Labute approximate surface area is 283 Å². The lowest BCUT2D eigenvalue weighted by molar-refractivity contribution is -0.143. The third kappa shape index (κ3) is 6.54. The van der Waals surface area contributed by atoms with Gasteiger partial charge in [-0.1, -0.05) is 23.5 Å². The molecule has 0 amide bonds. The Balaban J connectivity index is 1.67. The summed E-state index contributed by atoms with van der Waals surface area (Å²) < 4.78 is 26.9. The molecule has 10 nitrogen and oxygen atoms in total. The van der Waals surface area contributed by atoms with Crippen LogP contribution >= 0.6 is 33.9 Å². The second-order valence-electron chi connectivity index (χ2n) is 10.4. The molecule has 3 heterocycles. The van der Waals surface area contributed by atoms with E-state index < -0.39 is 18.0 Å². The summed E-state index contributed by atoms with van der Waals surface area (Å²) in [6, 6.07) is 14.6. The van der Waals surface area contributed by atoms with Gasteiger partial charge in [0.15, 0.2) is 22.9 Å². The number of allylic oxidation sites excluding steroid dienone is 1. The largest absolute Gasteiger partial charge is 0.490 e. The van der Waals surface area contributed by atoms with Crippen molar-refractivity contribution >= 4 is 51.9 Å². The van der Waals surface area contributed by atoms with Gasteiger partial charge in [-0.05, 0) is 111 Å². The zero-order valence-electron chi connectivity index (χ0n) is 26.4. The Hall–Kier alpha value is -4.17. The first-order valence-electron chi connectivity index (χ1n) is 14.7. The van der Waals surface area contributed by atoms with Crippen LogP contribution in [0.3, 0.4) is 0 Å². The van der Waals surface area contributed by atoms with Gasteiger partial charge < -0.3 is 23.5 Å². The summed E-state index contributed by atoms with van der Waals surface area (Å²) in [6.45, 7) is 9.53. The maximum absolute atomic E-state index is 14.2. The minimum Gasteiger partial charge on any atom is -0.490 e. The third-order valence-electron chi connectivity index (χ3n) is 7.50. The number of carbonyl (C=O) groups is 2. The summed E-state index contributed by atoms with van der Waals surface area (Å²) in [7, 11) is 1.28. The number of esters is 2. The predicted molar refractivity (Wildman–Crippen MR) is 183 cm³/mol. The van der Waals surface area contributed by atoms with E-state index in [0.717, 1.165) is 26.2 Å². The van der Waals surface area contributed by atoms with Crippen LogP contribution in [-0.2, 0) is 19.1 Å². The van der Waals surface area contributed by atoms with Crippen LogP contribution < -0.4 is 24.4 Å². The maximum Gasteiger partial charge on any atom is 0.343 e. The lowest BCUT2D eigenvalue weighted by Crippen LogP contribution is -2.40. The average Bonchev–Trinajstić information content (AvgIpc) is 3.48. The highest BCUT2D eigenvalue weighted by Gasteiger charge is 2.34. The van der Waals surface area contributed by atoms with Gasteiger partial charge in [0, 0.05) is 20.6 Å². The molecule has 5 rings (SSSR count). The number of methoxy groups -OCH3 is 1. The number of thiazole rings is 1. The minimum absolute atomic E-state index is 0.160. The Kier molecular flexibility index (Phi) is 10.2. The normalized spacial score (nSPS) is 14.5. The molecule has 0 unspecified atom stereocenters. The number of aryl methyl sites for hydroxylation is 1. The number of carbonyl (C=O) groups excluding carboxylic acids is 2. The van der Waals surface area contributed by atoms with Crippen molar-refractivity contribution in [3.63, 3.8) is 0 Å². The molecule has 0 saturated heterocycles. The molecule has 2 aromatic heterocycles. The molecular weight excluding hydrogens is 721 g/mol. The summed E-state index contributed by atoms with van der Waals surface area (Å²) >= 11 is 3.56. The highest BCUT2D eigenvalue weighted by molar-refractivity contribution is 14.1. The number of hydrogen-bond acceptors (Lipinski definition) is 9. The fourth-order valence-electron chi connectivity index (χ4n) is 5.47. The van der Waals surface area contributed by atoms with Crippen molar-refractivity contribution in [2.75, 3.05) is 26.9 Å². The van der Waals surface area contributed by atoms with E-state index >= 15 is 0 Å². The van der Waals surface area contributed by atoms with Crippen LogP contribution in [0.4, 0.5) is 0 Å². The van der Waals surface area contributed by atoms with Crippen molar-refractivity contribution in [3.05, 3.63) is 106 Å². The lowest BCUT2D eigenvalue weighted by Gasteiger charge is -2.25. The average molecular weight is 756 g/mol. The van der Waals surface area contributed by atoms with Crippen molar-refractivity contribution in [3.8, 4) is 17.2 Å². The van der Waals surface area contributed by atoms with Crippen LogP contribution in [0.5, 0.6) is 11.5 Å². The molecule has 12 heteroatoms. The Bertz CT molecular complexity index is 2040. The van der Waals surface area contributed by atoms with Crippen LogP contribution in [0.25, 0.3) is 11.8 Å². The molecule has 0 radical (unpaired) electrons. The lowest BCUT2D eigenvalue weighted by atomic mass is 9.95. The Morgan fingerprint density at radius 1 is 1.02 bits per heavy atom. The highest BCUT2D eigenvalue weighted by Crippen LogP contribution is 2.36. The molecule has 1 aliphatic rings. The van der Waals surface area contributed by atoms with Crippen molar-refractivity contribution in [1.29, 1.82) is 0 Å². The van der Waals surface area contributed by atoms with Gasteiger partial charge in [-0.2, -0.15) is 0 Å². The topological polar surface area (TPSA) is 110 Å². The molecule has 0 spiro atoms. The smallest absolute Gasteiger partial charge is 0.343 e. The second kappa shape index (κ2) is 14.1. The number of aromatic nitrogens is 2. The molecule has 2 aromatic carbocycles.